The fraction of sp³-hybridized carbons (Fsp3) is 0.267. The number of fused-ring (bicyclic) bond motifs is 1. The second-order valence-electron chi connectivity index (χ2n) is 4.77. The van der Waals surface area contributed by atoms with Gasteiger partial charge in [-0.25, -0.2) is 4.98 Å². The Hall–Kier alpha value is -2.41. The van der Waals surface area contributed by atoms with Crippen LogP contribution in [-0.4, -0.2) is 27.8 Å². The molecule has 0 saturated carbocycles. The molecule has 0 aliphatic rings. The number of hydrogen-bond donors (Lipinski definition) is 1. The van der Waals surface area contributed by atoms with Crippen LogP contribution in [-0.2, 0) is 6.54 Å². The Kier molecular flexibility index (Phi) is 3.81. The summed E-state index contributed by atoms with van der Waals surface area (Å²) in [6.45, 7) is 4.61. The van der Waals surface area contributed by atoms with Crippen molar-refractivity contribution in [3.8, 4) is 5.75 Å². The van der Waals surface area contributed by atoms with Crippen molar-refractivity contribution in [2.45, 2.75) is 20.4 Å². The topological polar surface area (TPSA) is 69.0 Å². The van der Waals surface area contributed by atoms with Gasteiger partial charge in [0.25, 0.3) is 5.91 Å². The summed E-state index contributed by atoms with van der Waals surface area (Å²) in [6.07, 6.45) is 1.59. The summed E-state index contributed by atoms with van der Waals surface area (Å²) in [4.78, 5) is 16.8. The van der Waals surface area contributed by atoms with Crippen LogP contribution in [0.15, 0.2) is 24.4 Å². The van der Waals surface area contributed by atoms with E-state index in [1.165, 1.54) is 11.3 Å². The third-order valence-electron chi connectivity index (χ3n) is 3.46. The molecule has 0 aliphatic heterocycles. The van der Waals surface area contributed by atoms with E-state index in [-0.39, 0.29) is 5.91 Å². The van der Waals surface area contributed by atoms with Gasteiger partial charge in [0.15, 0.2) is 5.13 Å². The first-order valence-electron chi connectivity index (χ1n) is 6.90. The van der Waals surface area contributed by atoms with Crippen LogP contribution in [0.25, 0.3) is 10.2 Å². The smallest absolute Gasteiger partial charge is 0.260 e. The highest BCUT2D eigenvalue weighted by Gasteiger charge is 2.15. The second kappa shape index (κ2) is 5.76. The molecule has 1 aromatic carbocycles. The molecule has 0 fully saturated rings. The summed E-state index contributed by atoms with van der Waals surface area (Å²) in [6, 6.07) is 5.63. The van der Waals surface area contributed by atoms with Crippen molar-refractivity contribution in [1.82, 2.24) is 14.8 Å². The van der Waals surface area contributed by atoms with E-state index in [9.17, 15) is 4.79 Å². The molecule has 0 saturated heterocycles. The number of rotatable bonds is 4. The molecule has 0 unspecified atom stereocenters. The Morgan fingerprint density at radius 1 is 1.45 bits per heavy atom. The molecule has 0 spiro atoms. The Balaban J connectivity index is 1.85. The number of aromatic nitrogens is 3. The van der Waals surface area contributed by atoms with Crippen LogP contribution in [0.4, 0.5) is 5.13 Å². The average molecular weight is 316 g/mol. The maximum Gasteiger partial charge on any atom is 0.260 e. The number of carbonyl (C=O) groups is 1. The molecule has 22 heavy (non-hydrogen) atoms. The number of anilines is 1. The maximum absolute atomic E-state index is 12.3. The summed E-state index contributed by atoms with van der Waals surface area (Å²) in [5.74, 6) is 0.581. The number of hydrogen-bond acceptors (Lipinski definition) is 5. The molecule has 0 atom stereocenters. The van der Waals surface area contributed by atoms with Crippen molar-refractivity contribution in [2.24, 2.45) is 0 Å². The van der Waals surface area contributed by atoms with Gasteiger partial charge in [0.05, 0.1) is 29.1 Å². The van der Waals surface area contributed by atoms with E-state index in [2.05, 4.69) is 15.4 Å². The number of benzene rings is 1. The van der Waals surface area contributed by atoms with Crippen molar-refractivity contribution < 1.29 is 9.53 Å². The summed E-state index contributed by atoms with van der Waals surface area (Å²) in [7, 11) is 1.62. The van der Waals surface area contributed by atoms with Crippen molar-refractivity contribution in [2.75, 3.05) is 12.4 Å². The van der Waals surface area contributed by atoms with Crippen LogP contribution in [0.2, 0.25) is 0 Å². The number of methoxy groups -OCH3 is 1. The van der Waals surface area contributed by atoms with Gasteiger partial charge >= 0.3 is 0 Å². The quantitative estimate of drug-likeness (QED) is 0.803. The number of aryl methyl sites for hydroxylation is 1. The number of nitrogens with zero attached hydrogens (tertiary/aromatic N) is 3. The summed E-state index contributed by atoms with van der Waals surface area (Å²) in [5, 5.41) is 7.59. The fourth-order valence-electron chi connectivity index (χ4n) is 2.24. The monoisotopic (exact) mass is 316 g/mol. The molecule has 3 rings (SSSR count). The first-order chi connectivity index (χ1) is 10.6. The van der Waals surface area contributed by atoms with E-state index in [0.29, 0.717) is 10.7 Å². The number of amides is 1. The van der Waals surface area contributed by atoms with Gasteiger partial charge in [0.2, 0.25) is 0 Å². The number of carbonyl (C=O) groups excluding carboxylic acids is 1. The molecule has 0 bridgehead atoms. The minimum absolute atomic E-state index is 0.191. The lowest BCUT2D eigenvalue weighted by Crippen LogP contribution is -2.13. The Morgan fingerprint density at radius 2 is 2.27 bits per heavy atom. The first kappa shape index (κ1) is 14.5. The molecular weight excluding hydrogens is 300 g/mol. The zero-order chi connectivity index (χ0) is 15.7. The third kappa shape index (κ3) is 2.55. The first-order valence-corrected chi connectivity index (χ1v) is 7.72. The van der Waals surface area contributed by atoms with Gasteiger partial charge in [-0.2, -0.15) is 5.10 Å². The highest BCUT2D eigenvalue weighted by atomic mass is 32.1. The van der Waals surface area contributed by atoms with E-state index in [0.717, 1.165) is 28.2 Å². The van der Waals surface area contributed by atoms with E-state index in [4.69, 9.17) is 4.74 Å². The van der Waals surface area contributed by atoms with Crippen molar-refractivity contribution in [3.63, 3.8) is 0 Å². The van der Waals surface area contributed by atoms with E-state index in [1.807, 2.05) is 32.0 Å². The predicted octanol–water partition coefficient (Wildman–Crippen LogP) is 3.08. The summed E-state index contributed by atoms with van der Waals surface area (Å²) in [5.41, 5.74) is 2.25. The van der Waals surface area contributed by atoms with Gasteiger partial charge < -0.3 is 4.74 Å². The molecule has 2 aromatic heterocycles. The minimum Gasteiger partial charge on any atom is -0.497 e. The molecule has 1 N–H and O–H groups in total. The second-order valence-corrected chi connectivity index (χ2v) is 5.80. The molecular formula is C15H16N4O2S. The van der Waals surface area contributed by atoms with Crippen molar-refractivity contribution in [1.29, 1.82) is 0 Å². The zero-order valence-electron chi connectivity index (χ0n) is 12.6. The predicted molar refractivity (Wildman–Crippen MR) is 86.8 cm³/mol. The molecule has 1 amide bonds. The van der Waals surface area contributed by atoms with Gasteiger partial charge in [-0.1, -0.05) is 11.3 Å². The maximum atomic E-state index is 12.3. The molecule has 114 valence electrons. The number of nitrogens with one attached hydrogen (secondary N) is 1. The van der Waals surface area contributed by atoms with Crippen LogP contribution >= 0.6 is 11.3 Å². The highest BCUT2D eigenvalue weighted by Crippen LogP contribution is 2.29. The Bertz CT molecular complexity index is 837. The molecule has 0 radical (unpaired) electrons. The number of ether oxygens (including phenoxy) is 1. The summed E-state index contributed by atoms with van der Waals surface area (Å²) >= 11 is 1.42. The highest BCUT2D eigenvalue weighted by molar-refractivity contribution is 7.22. The standard InChI is InChI=1S/C15H16N4O2S/c1-4-19-9(2)11(8-16-19)14(20)18-15-17-12-6-5-10(21-3)7-13(12)22-15/h5-8H,4H2,1-3H3,(H,17,18,20). The number of thiazole rings is 1. The van der Waals surface area contributed by atoms with Crippen molar-refractivity contribution >= 4 is 32.6 Å². The van der Waals surface area contributed by atoms with Crippen LogP contribution < -0.4 is 10.1 Å². The van der Waals surface area contributed by atoms with Gasteiger partial charge in [0.1, 0.15) is 5.75 Å². The van der Waals surface area contributed by atoms with Gasteiger partial charge in [-0.15, -0.1) is 0 Å². The van der Waals surface area contributed by atoms with E-state index in [1.54, 1.807) is 18.0 Å². The molecule has 7 heteroatoms. The van der Waals surface area contributed by atoms with Crippen molar-refractivity contribution in [3.05, 3.63) is 35.7 Å². The lowest BCUT2D eigenvalue weighted by atomic mass is 10.2. The lowest BCUT2D eigenvalue weighted by Gasteiger charge is -2.02. The Morgan fingerprint density at radius 3 is 2.95 bits per heavy atom. The molecule has 0 aliphatic carbocycles. The third-order valence-corrected chi connectivity index (χ3v) is 4.40. The molecule has 6 nitrogen and oxygen atoms in total. The lowest BCUT2D eigenvalue weighted by molar-refractivity contribution is 0.102. The van der Waals surface area contributed by atoms with Crippen LogP contribution in [0.3, 0.4) is 0 Å². The average Bonchev–Trinajstić information content (AvgIpc) is 3.08. The van der Waals surface area contributed by atoms with Gasteiger partial charge in [-0.3, -0.25) is 14.8 Å². The van der Waals surface area contributed by atoms with Crippen LogP contribution in [0, 0.1) is 6.92 Å². The molecule has 3 aromatic rings. The normalized spacial score (nSPS) is 10.9. The van der Waals surface area contributed by atoms with E-state index >= 15 is 0 Å². The minimum atomic E-state index is -0.191. The zero-order valence-corrected chi connectivity index (χ0v) is 13.4. The van der Waals surface area contributed by atoms with Crippen LogP contribution in [0.5, 0.6) is 5.75 Å². The SMILES string of the molecule is CCn1ncc(C(=O)Nc2nc3ccc(OC)cc3s2)c1C. The van der Waals surface area contributed by atoms with E-state index < -0.39 is 0 Å². The van der Waals surface area contributed by atoms with Crippen LogP contribution in [0.1, 0.15) is 23.0 Å². The Labute approximate surface area is 131 Å². The fourth-order valence-corrected chi connectivity index (χ4v) is 3.13. The van der Waals surface area contributed by atoms with Gasteiger partial charge in [0, 0.05) is 12.2 Å². The molecule has 2 heterocycles. The largest absolute Gasteiger partial charge is 0.497 e. The van der Waals surface area contributed by atoms with Gasteiger partial charge in [-0.05, 0) is 32.0 Å². The summed E-state index contributed by atoms with van der Waals surface area (Å²) < 4.78 is 7.95.